The molecule has 1 aromatic heterocycles. The normalized spacial score (nSPS) is 12.0. The first-order valence-electron chi connectivity index (χ1n) is 7.86. The van der Waals surface area contributed by atoms with Crippen molar-refractivity contribution in [3.8, 4) is 0 Å². The Morgan fingerprint density at radius 2 is 1.95 bits per heavy atom. The molecule has 1 amide bonds. The lowest BCUT2D eigenvalue weighted by atomic mass is 10.1. The highest BCUT2D eigenvalue weighted by molar-refractivity contribution is 5.92. The van der Waals surface area contributed by atoms with Crippen LogP contribution in [-0.4, -0.2) is 35.3 Å². The molecule has 0 saturated carbocycles. The standard InChI is InChI=1S/C16H30N4O/c1-7-8-17-9-10-18-15(21)13-11-14(12(2)3)20(19-13)16(4,5)6/h11-12,17H,7-10H2,1-6H3,(H,18,21). The number of hydrogen-bond donors (Lipinski definition) is 2. The highest BCUT2D eigenvalue weighted by Crippen LogP contribution is 2.23. The van der Waals surface area contributed by atoms with Gasteiger partial charge in [0.2, 0.25) is 0 Å². The minimum atomic E-state index is -0.124. The van der Waals surface area contributed by atoms with Crippen LogP contribution in [0.5, 0.6) is 0 Å². The summed E-state index contributed by atoms with van der Waals surface area (Å²) in [6.45, 7) is 15.1. The van der Waals surface area contributed by atoms with Gasteiger partial charge < -0.3 is 10.6 Å². The van der Waals surface area contributed by atoms with Gasteiger partial charge in [-0.1, -0.05) is 20.8 Å². The summed E-state index contributed by atoms with van der Waals surface area (Å²) in [4.78, 5) is 12.2. The van der Waals surface area contributed by atoms with Crippen molar-refractivity contribution in [2.45, 2.75) is 59.4 Å². The fraction of sp³-hybridized carbons (Fsp3) is 0.750. The summed E-state index contributed by atoms with van der Waals surface area (Å²) in [5, 5.41) is 10.7. The number of aromatic nitrogens is 2. The van der Waals surface area contributed by atoms with Crippen LogP contribution in [0.15, 0.2) is 6.07 Å². The molecule has 2 N–H and O–H groups in total. The minimum Gasteiger partial charge on any atom is -0.349 e. The fourth-order valence-corrected chi connectivity index (χ4v) is 2.11. The fourth-order valence-electron chi connectivity index (χ4n) is 2.11. The summed E-state index contributed by atoms with van der Waals surface area (Å²) in [7, 11) is 0. The van der Waals surface area contributed by atoms with Crippen molar-refractivity contribution in [2.75, 3.05) is 19.6 Å². The Kier molecular flexibility index (Phi) is 6.40. The van der Waals surface area contributed by atoms with Crippen LogP contribution in [0.25, 0.3) is 0 Å². The predicted octanol–water partition coefficient (Wildman–Crippen LogP) is 2.49. The third-order valence-electron chi connectivity index (χ3n) is 3.21. The average Bonchev–Trinajstić information content (AvgIpc) is 2.83. The van der Waals surface area contributed by atoms with Crippen LogP contribution in [-0.2, 0) is 5.54 Å². The van der Waals surface area contributed by atoms with Crippen molar-refractivity contribution in [3.63, 3.8) is 0 Å². The molecule has 5 nitrogen and oxygen atoms in total. The van der Waals surface area contributed by atoms with E-state index < -0.39 is 0 Å². The van der Waals surface area contributed by atoms with Crippen LogP contribution < -0.4 is 10.6 Å². The zero-order chi connectivity index (χ0) is 16.0. The van der Waals surface area contributed by atoms with Crippen molar-refractivity contribution in [2.24, 2.45) is 0 Å². The zero-order valence-corrected chi connectivity index (χ0v) is 14.3. The number of hydrogen-bond acceptors (Lipinski definition) is 3. The summed E-state index contributed by atoms with van der Waals surface area (Å²) in [5.41, 5.74) is 1.47. The quantitative estimate of drug-likeness (QED) is 0.760. The van der Waals surface area contributed by atoms with Crippen LogP contribution in [0.1, 0.15) is 70.1 Å². The Morgan fingerprint density at radius 3 is 2.43 bits per heavy atom. The monoisotopic (exact) mass is 294 g/mol. The Bertz CT molecular complexity index is 457. The topological polar surface area (TPSA) is 58.9 Å². The molecule has 1 heterocycles. The van der Waals surface area contributed by atoms with E-state index in [9.17, 15) is 4.79 Å². The molecule has 0 aliphatic carbocycles. The molecule has 0 aromatic carbocycles. The SMILES string of the molecule is CCCNCCNC(=O)c1cc(C(C)C)n(C(C)(C)C)n1. The molecule has 0 bridgehead atoms. The molecule has 0 unspecified atom stereocenters. The van der Waals surface area contributed by atoms with E-state index in [2.05, 4.69) is 57.3 Å². The van der Waals surface area contributed by atoms with Crippen LogP contribution in [0.2, 0.25) is 0 Å². The third kappa shape index (κ3) is 5.16. The number of nitrogens with one attached hydrogen (secondary N) is 2. The van der Waals surface area contributed by atoms with E-state index in [1.54, 1.807) is 0 Å². The lowest BCUT2D eigenvalue weighted by molar-refractivity contribution is 0.0947. The smallest absolute Gasteiger partial charge is 0.271 e. The van der Waals surface area contributed by atoms with Crippen molar-refractivity contribution in [3.05, 3.63) is 17.5 Å². The molecule has 0 radical (unpaired) electrons. The molecular weight excluding hydrogens is 264 g/mol. The first kappa shape index (κ1) is 17.7. The summed E-state index contributed by atoms with van der Waals surface area (Å²) in [6, 6.07) is 1.91. The van der Waals surface area contributed by atoms with Gasteiger partial charge >= 0.3 is 0 Å². The molecule has 0 spiro atoms. The molecule has 21 heavy (non-hydrogen) atoms. The predicted molar refractivity (Wildman–Crippen MR) is 86.8 cm³/mol. The van der Waals surface area contributed by atoms with Crippen molar-refractivity contribution >= 4 is 5.91 Å². The molecule has 0 fully saturated rings. The number of amides is 1. The zero-order valence-electron chi connectivity index (χ0n) is 14.3. The maximum Gasteiger partial charge on any atom is 0.271 e. The van der Waals surface area contributed by atoms with E-state index in [0.717, 1.165) is 25.2 Å². The summed E-state index contributed by atoms with van der Waals surface area (Å²) in [6.07, 6.45) is 1.10. The first-order chi connectivity index (χ1) is 9.77. The third-order valence-corrected chi connectivity index (χ3v) is 3.21. The molecule has 0 aliphatic rings. The Balaban J connectivity index is 2.73. The second kappa shape index (κ2) is 7.59. The van der Waals surface area contributed by atoms with Gasteiger partial charge in [0.05, 0.1) is 5.54 Å². The molecular formula is C16H30N4O. The van der Waals surface area contributed by atoms with Crippen LogP contribution >= 0.6 is 0 Å². The highest BCUT2D eigenvalue weighted by atomic mass is 16.1. The van der Waals surface area contributed by atoms with Crippen molar-refractivity contribution in [1.82, 2.24) is 20.4 Å². The van der Waals surface area contributed by atoms with E-state index in [1.807, 2.05) is 10.7 Å². The molecule has 1 rings (SSSR count). The number of rotatable bonds is 7. The maximum absolute atomic E-state index is 12.2. The number of carbonyl (C=O) groups excluding carboxylic acids is 1. The number of nitrogens with zero attached hydrogens (tertiary/aromatic N) is 2. The van der Waals surface area contributed by atoms with Gasteiger partial charge in [0.15, 0.2) is 0 Å². The van der Waals surface area contributed by atoms with Gasteiger partial charge in [0.25, 0.3) is 5.91 Å². The average molecular weight is 294 g/mol. The molecule has 0 atom stereocenters. The highest BCUT2D eigenvalue weighted by Gasteiger charge is 2.23. The summed E-state index contributed by atoms with van der Waals surface area (Å²) < 4.78 is 1.96. The molecule has 0 saturated heterocycles. The van der Waals surface area contributed by atoms with Gasteiger partial charge in [-0.15, -0.1) is 0 Å². The molecule has 120 valence electrons. The lowest BCUT2D eigenvalue weighted by Gasteiger charge is -2.23. The van der Waals surface area contributed by atoms with Crippen molar-refractivity contribution < 1.29 is 4.79 Å². The van der Waals surface area contributed by atoms with Gasteiger partial charge in [-0.25, -0.2) is 0 Å². The van der Waals surface area contributed by atoms with E-state index in [-0.39, 0.29) is 11.4 Å². The number of carbonyl (C=O) groups is 1. The lowest BCUT2D eigenvalue weighted by Crippen LogP contribution is -2.32. The Hall–Kier alpha value is -1.36. The van der Waals surface area contributed by atoms with E-state index in [4.69, 9.17) is 0 Å². The van der Waals surface area contributed by atoms with Gasteiger partial charge in [-0.05, 0) is 45.7 Å². The molecule has 5 heteroatoms. The Labute approximate surface area is 128 Å². The van der Waals surface area contributed by atoms with Crippen LogP contribution in [0, 0.1) is 0 Å². The largest absolute Gasteiger partial charge is 0.349 e. The minimum absolute atomic E-state index is 0.0989. The van der Waals surface area contributed by atoms with E-state index >= 15 is 0 Å². The van der Waals surface area contributed by atoms with E-state index in [1.165, 1.54) is 0 Å². The van der Waals surface area contributed by atoms with Gasteiger partial charge in [-0.2, -0.15) is 5.10 Å². The van der Waals surface area contributed by atoms with Crippen LogP contribution in [0.3, 0.4) is 0 Å². The maximum atomic E-state index is 12.2. The Morgan fingerprint density at radius 1 is 1.29 bits per heavy atom. The summed E-state index contributed by atoms with van der Waals surface area (Å²) in [5.74, 6) is 0.239. The van der Waals surface area contributed by atoms with Gasteiger partial charge in [0, 0.05) is 18.8 Å². The van der Waals surface area contributed by atoms with Crippen molar-refractivity contribution in [1.29, 1.82) is 0 Å². The van der Waals surface area contributed by atoms with Gasteiger partial charge in [0.1, 0.15) is 5.69 Å². The first-order valence-corrected chi connectivity index (χ1v) is 7.86. The molecule has 0 aliphatic heterocycles. The summed E-state index contributed by atoms with van der Waals surface area (Å²) >= 11 is 0. The van der Waals surface area contributed by atoms with E-state index in [0.29, 0.717) is 18.2 Å². The second-order valence-electron chi connectivity index (χ2n) is 6.70. The molecule has 1 aromatic rings. The van der Waals surface area contributed by atoms with Crippen LogP contribution in [0.4, 0.5) is 0 Å². The van der Waals surface area contributed by atoms with Gasteiger partial charge in [-0.3, -0.25) is 9.48 Å². The second-order valence-corrected chi connectivity index (χ2v) is 6.70.